The Morgan fingerprint density at radius 3 is 1.30 bits per heavy atom. The van der Waals surface area contributed by atoms with Crippen LogP contribution < -0.4 is 0 Å². The molecule has 0 bridgehead atoms. The van der Waals surface area contributed by atoms with Crippen LogP contribution >= 0.6 is 0 Å². The third kappa shape index (κ3) is 15.7. The van der Waals surface area contributed by atoms with Crippen LogP contribution in [0.25, 0.3) is 0 Å². The van der Waals surface area contributed by atoms with Crippen LogP contribution in [0.2, 0.25) is 0 Å². The molecule has 2 N–H and O–H groups in total. The van der Waals surface area contributed by atoms with Gasteiger partial charge in [0, 0.05) is 6.42 Å². The first-order valence-electron chi connectivity index (χ1n) is 12.6. The highest BCUT2D eigenvalue weighted by Crippen LogP contribution is 2.38. The number of aliphatic carboxylic acids is 2. The zero-order valence-electron chi connectivity index (χ0n) is 20.4. The summed E-state index contributed by atoms with van der Waals surface area (Å²) in [6, 6.07) is 0. The van der Waals surface area contributed by atoms with E-state index >= 15 is 0 Å². The van der Waals surface area contributed by atoms with Crippen molar-refractivity contribution in [3.8, 4) is 0 Å². The molecule has 0 rings (SSSR count). The molecule has 0 aliphatic carbocycles. The molecule has 0 saturated heterocycles. The molecular formula is C26H50O4. The molecule has 0 saturated carbocycles. The highest BCUT2D eigenvalue weighted by atomic mass is 16.4. The van der Waals surface area contributed by atoms with Gasteiger partial charge in [-0.3, -0.25) is 9.59 Å². The van der Waals surface area contributed by atoms with Gasteiger partial charge < -0.3 is 10.2 Å². The highest BCUT2D eigenvalue weighted by Gasteiger charge is 2.36. The number of rotatable bonds is 21. The van der Waals surface area contributed by atoms with Crippen LogP contribution in [0.1, 0.15) is 137 Å². The lowest BCUT2D eigenvalue weighted by atomic mass is 9.74. The Kier molecular flexibility index (Phi) is 17.0. The summed E-state index contributed by atoms with van der Waals surface area (Å²) < 4.78 is 0. The van der Waals surface area contributed by atoms with Crippen molar-refractivity contribution in [3.05, 3.63) is 0 Å². The third-order valence-corrected chi connectivity index (χ3v) is 6.37. The third-order valence-electron chi connectivity index (χ3n) is 6.37. The second kappa shape index (κ2) is 17.6. The molecule has 0 atom stereocenters. The van der Waals surface area contributed by atoms with Crippen molar-refractivity contribution >= 4 is 11.9 Å². The summed E-state index contributed by atoms with van der Waals surface area (Å²) in [5.74, 6) is 0.0848. The molecule has 0 aliphatic heterocycles. The average Bonchev–Trinajstić information content (AvgIpc) is 2.65. The number of hydrogen-bond acceptors (Lipinski definition) is 2. The zero-order chi connectivity index (χ0) is 22.8. The van der Waals surface area contributed by atoms with Crippen LogP contribution in [0.5, 0.6) is 0 Å². The van der Waals surface area contributed by atoms with Gasteiger partial charge in [0.05, 0.1) is 5.41 Å². The Morgan fingerprint density at radius 2 is 0.967 bits per heavy atom. The number of carboxylic acids is 2. The monoisotopic (exact) mass is 426 g/mol. The van der Waals surface area contributed by atoms with Gasteiger partial charge in [0.1, 0.15) is 0 Å². The van der Waals surface area contributed by atoms with E-state index in [2.05, 4.69) is 27.7 Å². The summed E-state index contributed by atoms with van der Waals surface area (Å²) in [5, 5.41) is 18.9. The van der Waals surface area contributed by atoms with Crippen molar-refractivity contribution in [2.24, 2.45) is 17.3 Å². The second-order valence-electron chi connectivity index (χ2n) is 10.2. The predicted octanol–water partition coefficient (Wildman–Crippen LogP) is 8.09. The maximum atomic E-state index is 12.3. The van der Waals surface area contributed by atoms with Crippen LogP contribution in [0, 0.1) is 17.3 Å². The number of unbranched alkanes of at least 4 members (excludes halogenated alkanes) is 8. The Labute approximate surface area is 186 Å². The maximum Gasteiger partial charge on any atom is 0.309 e. The zero-order valence-corrected chi connectivity index (χ0v) is 20.4. The maximum absolute atomic E-state index is 12.3. The second-order valence-corrected chi connectivity index (χ2v) is 10.2. The quantitative estimate of drug-likeness (QED) is 0.182. The van der Waals surface area contributed by atoms with E-state index < -0.39 is 17.4 Å². The standard InChI is InChI=1S/C26H50O4/c1-22(2)16-10-5-7-13-19-26(25(29)30,21-15-9-12-18-24(27)28)20-14-8-6-11-17-23(3)4/h22-23H,5-21H2,1-4H3,(H,27,28)(H,29,30). The SMILES string of the molecule is CC(C)CCCCCCC(CCCCCCC(C)C)(CCCCCC(=O)O)C(=O)O. The molecule has 4 heteroatoms. The fourth-order valence-electron chi connectivity index (χ4n) is 4.35. The van der Waals surface area contributed by atoms with Gasteiger partial charge in [-0.2, -0.15) is 0 Å². The largest absolute Gasteiger partial charge is 0.481 e. The van der Waals surface area contributed by atoms with Crippen LogP contribution in [0.4, 0.5) is 0 Å². The van der Waals surface area contributed by atoms with Crippen LogP contribution in [-0.2, 0) is 9.59 Å². The summed E-state index contributed by atoms with van der Waals surface area (Å²) in [4.78, 5) is 23.0. The van der Waals surface area contributed by atoms with Gasteiger partial charge in [0.2, 0.25) is 0 Å². The number of hydrogen-bond donors (Lipinski definition) is 2. The lowest BCUT2D eigenvalue weighted by Crippen LogP contribution is -2.31. The summed E-state index contributed by atoms with van der Waals surface area (Å²) >= 11 is 0. The Balaban J connectivity index is 4.57. The molecule has 4 nitrogen and oxygen atoms in total. The molecule has 0 aliphatic rings. The Hall–Kier alpha value is -1.06. The van der Waals surface area contributed by atoms with Crippen molar-refractivity contribution in [1.29, 1.82) is 0 Å². The number of carboxylic acid groups (broad SMARTS) is 2. The van der Waals surface area contributed by atoms with Crippen molar-refractivity contribution in [3.63, 3.8) is 0 Å². The van der Waals surface area contributed by atoms with Gasteiger partial charge in [0.25, 0.3) is 0 Å². The Bertz CT molecular complexity index is 422. The average molecular weight is 427 g/mol. The van der Waals surface area contributed by atoms with Crippen LogP contribution in [0.3, 0.4) is 0 Å². The van der Waals surface area contributed by atoms with Gasteiger partial charge in [0.15, 0.2) is 0 Å². The molecule has 0 amide bonds. The molecule has 30 heavy (non-hydrogen) atoms. The first-order chi connectivity index (χ1) is 14.2. The van der Waals surface area contributed by atoms with Gasteiger partial charge in [-0.1, -0.05) is 105 Å². The molecule has 0 spiro atoms. The highest BCUT2D eigenvalue weighted by molar-refractivity contribution is 5.74. The molecule has 0 aromatic carbocycles. The smallest absolute Gasteiger partial charge is 0.309 e. The minimum Gasteiger partial charge on any atom is -0.481 e. The minimum absolute atomic E-state index is 0.186. The lowest BCUT2D eigenvalue weighted by molar-refractivity contribution is -0.151. The number of carbonyl (C=O) groups is 2. The van der Waals surface area contributed by atoms with E-state index in [1.54, 1.807) is 0 Å². The van der Waals surface area contributed by atoms with Gasteiger partial charge in [-0.25, -0.2) is 0 Å². The summed E-state index contributed by atoms with van der Waals surface area (Å²) in [7, 11) is 0. The van der Waals surface area contributed by atoms with Crippen molar-refractivity contribution in [2.45, 2.75) is 137 Å². The van der Waals surface area contributed by atoms with E-state index in [9.17, 15) is 14.7 Å². The van der Waals surface area contributed by atoms with Crippen LogP contribution in [0.15, 0.2) is 0 Å². The first-order valence-corrected chi connectivity index (χ1v) is 12.6. The lowest BCUT2D eigenvalue weighted by Gasteiger charge is -2.30. The van der Waals surface area contributed by atoms with E-state index in [1.165, 1.54) is 38.5 Å². The van der Waals surface area contributed by atoms with E-state index in [0.717, 1.165) is 63.2 Å². The fraction of sp³-hybridized carbons (Fsp3) is 0.923. The van der Waals surface area contributed by atoms with Crippen molar-refractivity contribution in [2.75, 3.05) is 0 Å². The first kappa shape index (κ1) is 28.9. The topological polar surface area (TPSA) is 74.6 Å². The van der Waals surface area contributed by atoms with E-state index in [0.29, 0.717) is 12.8 Å². The molecule has 0 heterocycles. The van der Waals surface area contributed by atoms with Gasteiger partial charge in [-0.05, 0) is 37.5 Å². The normalized spacial score (nSPS) is 12.1. The Morgan fingerprint density at radius 1 is 0.600 bits per heavy atom. The minimum atomic E-state index is -0.762. The molecule has 0 radical (unpaired) electrons. The fourth-order valence-corrected chi connectivity index (χ4v) is 4.35. The predicted molar refractivity (Wildman–Crippen MR) is 126 cm³/mol. The van der Waals surface area contributed by atoms with E-state index in [4.69, 9.17) is 5.11 Å². The van der Waals surface area contributed by atoms with Gasteiger partial charge in [-0.15, -0.1) is 0 Å². The molecule has 0 fully saturated rings. The van der Waals surface area contributed by atoms with E-state index in [-0.39, 0.29) is 6.42 Å². The summed E-state index contributed by atoms with van der Waals surface area (Å²) in [6.07, 6.45) is 16.3. The van der Waals surface area contributed by atoms with E-state index in [1.807, 2.05) is 0 Å². The van der Waals surface area contributed by atoms with Crippen molar-refractivity contribution in [1.82, 2.24) is 0 Å². The molecule has 0 aromatic rings. The van der Waals surface area contributed by atoms with Gasteiger partial charge >= 0.3 is 11.9 Å². The summed E-state index contributed by atoms with van der Waals surface area (Å²) in [5.41, 5.74) is -0.612. The summed E-state index contributed by atoms with van der Waals surface area (Å²) in [6.45, 7) is 9.00. The molecule has 0 unspecified atom stereocenters. The molecular weight excluding hydrogens is 376 g/mol. The van der Waals surface area contributed by atoms with Crippen molar-refractivity contribution < 1.29 is 19.8 Å². The molecule has 178 valence electrons. The van der Waals surface area contributed by atoms with Crippen LogP contribution in [-0.4, -0.2) is 22.2 Å². The molecule has 0 aromatic heterocycles.